The second-order valence-corrected chi connectivity index (χ2v) is 5.90. The Labute approximate surface area is 133 Å². The lowest BCUT2D eigenvalue weighted by Gasteiger charge is -2.14. The van der Waals surface area contributed by atoms with Crippen LogP contribution in [-0.2, 0) is 0 Å². The van der Waals surface area contributed by atoms with Crippen molar-refractivity contribution in [3.8, 4) is 0 Å². The third-order valence-corrected chi connectivity index (χ3v) is 4.30. The Hall–Kier alpha value is -1.99. The Kier molecular flexibility index (Phi) is 5.85. The van der Waals surface area contributed by atoms with Gasteiger partial charge < -0.3 is 10.0 Å². The summed E-state index contributed by atoms with van der Waals surface area (Å²) in [5, 5.41) is 21.1. The first kappa shape index (κ1) is 16.4. The van der Waals surface area contributed by atoms with Crippen LogP contribution in [0.25, 0.3) is 0 Å². The van der Waals surface area contributed by atoms with Crippen molar-refractivity contribution in [3.05, 3.63) is 40.9 Å². The van der Waals surface area contributed by atoms with Crippen LogP contribution in [0.3, 0.4) is 0 Å². The largest absolute Gasteiger partial charge is 0.395 e. The Balaban J connectivity index is 2.08. The van der Waals surface area contributed by atoms with Crippen molar-refractivity contribution in [2.45, 2.75) is 19.3 Å². The van der Waals surface area contributed by atoms with Crippen molar-refractivity contribution in [3.63, 3.8) is 0 Å². The van der Waals surface area contributed by atoms with Crippen molar-refractivity contribution < 1.29 is 9.90 Å². The molecule has 0 saturated carbocycles. The average Bonchev–Trinajstić information content (AvgIpc) is 2.97. The Bertz CT molecular complexity index is 603. The number of hydrogen-bond acceptors (Lipinski definition) is 5. The lowest BCUT2D eigenvalue weighted by atomic mass is 9.97. The van der Waals surface area contributed by atoms with Crippen LogP contribution in [0.4, 0.5) is 9.93 Å². The quantitative estimate of drug-likeness (QED) is 0.857. The molecule has 2 amide bonds. The SMILES string of the molecule is CCC(c1ccccc1)c1nnc(NC(=O)N(C)CCO)s1. The number of nitrogens with zero attached hydrogens (tertiary/aromatic N) is 3. The number of amides is 2. The summed E-state index contributed by atoms with van der Waals surface area (Å²) in [5.41, 5.74) is 1.19. The number of aliphatic hydroxyl groups is 1. The minimum Gasteiger partial charge on any atom is -0.395 e. The van der Waals surface area contributed by atoms with E-state index < -0.39 is 0 Å². The zero-order valence-electron chi connectivity index (χ0n) is 12.7. The number of carbonyl (C=O) groups is 1. The molecule has 2 rings (SSSR count). The zero-order valence-corrected chi connectivity index (χ0v) is 13.5. The van der Waals surface area contributed by atoms with Crippen molar-refractivity contribution in [1.82, 2.24) is 15.1 Å². The first-order valence-electron chi connectivity index (χ1n) is 7.17. The number of aliphatic hydroxyl groups excluding tert-OH is 1. The van der Waals surface area contributed by atoms with Crippen molar-refractivity contribution in [2.24, 2.45) is 0 Å². The molecule has 1 aromatic heterocycles. The standard InChI is InChI=1S/C15H20N4O2S/c1-3-12(11-7-5-4-6-8-11)13-17-18-14(22-13)16-15(21)19(2)9-10-20/h4-8,12,20H,3,9-10H2,1-2H3,(H,16,18,21). The van der Waals surface area contributed by atoms with Gasteiger partial charge in [0.15, 0.2) is 0 Å². The van der Waals surface area contributed by atoms with E-state index in [9.17, 15) is 4.79 Å². The summed E-state index contributed by atoms with van der Waals surface area (Å²) in [4.78, 5) is 13.3. The van der Waals surface area contributed by atoms with Gasteiger partial charge in [-0.05, 0) is 12.0 Å². The smallest absolute Gasteiger partial charge is 0.323 e. The summed E-state index contributed by atoms with van der Waals surface area (Å²) in [6.07, 6.45) is 0.914. The van der Waals surface area contributed by atoms with Crippen LogP contribution in [0.15, 0.2) is 30.3 Å². The molecule has 1 unspecified atom stereocenters. The number of aromatic nitrogens is 2. The maximum Gasteiger partial charge on any atom is 0.323 e. The number of urea groups is 1. The van der Waals surface area contributed by atoms with Gasteiger partial charge >= 0.3 is 6.03 Å². The number of nitrogens with one attached hydrogen (secondary N) is 1. The van der Waals surface area contributed by atoms with Gasteiger partial charge in [-0.15, -0.1) is 10.2 Å². The molecule has 1 atom stereocenters. The number of anilines is 1. The van der Waals surface area contributed by atoms with Crippen LogP contribution < -0.4 is 5.32 Å². The van der Waals surface area contributed by atoms with E-state index in [2.05, 4.69) is 34.6 Å². The molecule has 0 spiro atoms. The highest BCUT2D eigenvalue weighted by molar-refractivity contribution is 7.15. The van der Waals surface area contributed by atoms with E-state index in [1.165, 1.54) is 21.8 Å². The van der Waals surface area contributed by atoms with Crippen LogP contribution in [0.2, 0.25) is 0 Å². The summed E-state index contributed by atoms with van der Waals surface area (Å²) in [6.45, 7) is 2.31. The number of likely N-dealkylation sites (N-methyl/N-ethyl adjacent to an activating group) is 1. The van der Waals surface area contributed by atoms with Gasteiger partial charge in [0.1, 0.15) is 5.01 Å². The van der Waals surface area contributed by atoms with E-state index in [-0.39, 0.29) is 25.1 Å². The second-order valence-electron chi connectivity index (χ2n) is 4.89. The molecule has 1 aromatic carbocycles. The topological polar surface area (TPSA) is 78.4 Å². The number of rotatable bonds is 6. The normalized spacial score (nSPS) is 12.0. The minimum absolute atomic E-state index is 0.0722. The lowest BCUT2D eigenvalue weighted by molar-refractivity contribution is 0.202. The maximum absolute atomic E-state index is 11.9. The third-order valence-electron chi connectivity index (χ3n) is 3.34. The fourth-order valence-corrected chi connectivity index (χ4v) is 3.05. The van der Waals surface area contributed by atoms with Crippen molar-refractivity contribution in [1.29, 1.82) is 0 Å². The van der Waals surface area contributed by atoms with Crippen LogP contribution >= 0.6 is 11.3 Å². The van der Waals surface area contributed by atoms with Gasteiger partial charge in [0.2, 0.25) is 5.13 Å². The van der Waals surface area contributed by atoms with E-state index in [0.29, 0.717) is 5.13 Å². The number of carbonyl (C=O) groups excluding carboxylic acids is 1. The van der Waals surface area contributed by atoms with Crippen LogP contribution in [-0.4, -0.2) is 46.4 Å². The van der Waals surface area contributed by atoms with Crippen LogP contribution in [0.1, 0.15) is 29.8 Å². The van der Waals surface area contributed by atoms with E-state index in [1.54, 1.807) is 7.05 Å². The summed E-state index contributed by atoms with van der Waals surface area (Å²) in [7, 11) is 1.62. The zero-order chi connectivity index (χ0) is 15.9. The molecular formula is C15H20N4O2S. The molecule has 6 nitrogen and oxygen atoms in total. The van der Waals surface area contributed by atoms with Crippen molar-refractivity contribution in [2.75, 3.05) is 25.5 Å². The monoisotopic (exact) mass is 320 g/mol. The summed E-state index contributed by atoms with van der Waals surface area (Å²) in [6, 6.07) is 9.84. The van der Waals surface area contributed by atoms with Gasteiger partial charge in [0, 0.05) is 19.5 Å². The molecular weight excluding hydrogens is 300 g/mol. The summed E-state index contributed by atoms with van der Waals surface area (Å²) in [5.74, 6) is 0.180. The molecule has 0 aliphatic carbocycles. The molecule has 1 heterocycles. The van der Waals surface area contributed by atoms with E-state index >= 15 is 0 Å². The highest BCUT2D eigenvalue weighted by Gasteiger charge is 2.18. The van der Waals surface area contributed by atoms with E-state index in [0.717, 1.165) is 11.4 Å². The highest BCUT2D eigenvalue weighted by atomic mass is 32.1. The van der Waals surface area contributed by atoms with Gasteiger partial charge in [0.05, 0.1) is 6.61 Å². The third kappa shape index (κ3) is 4.02. The second kappa shape index (κ2) is 7.86. The summed E-state index contributed by atoms with van der Waals surface area (Å²) < 4.78 is 0. The first-order chi connectivity index (χ1) is 10.7. The molecule has 0 fully saturated rings. The van der Waals surface area contributed by atoms with Gasteiger partial charge in [-0.25, -0.2) is 4.79 Å². The van der Waals surface area contributed by atoms with E-state index in [4.69, 9.17) is 5.11 Å². The average molecular weight is 320 g/mol. The molecule has 2 aromatic rings. The fraction of sp³-hybridized carbons (Fsp3) is 0.400. The fourth-order valence-electron chi connectivity index (χ4n) is 2.10. The Morgan fingerprint density at radius 3 is 2.73 bits per heavy atom. The Morgan fingerprint density at radius 1 is 1.36 bits per heavy atom. The molecule has 22 heavy (non-hydrogen) atoms. The maximum atomic E-state index is 11.9. The predicted molar refractivity (Wildman–Crippen MR) is 87.2 cm³/mol. The van der Waals surface area contributed by atoms with Crippen LogP contribution in [0.5, 0.6) is 0 Å². The minimum atomic E-state index is -0.301. The first-order valence-corrected chi connectivity index (χ1v) is 7.98. The Morgan fingerprint density at radius 2 is 2.09 bits per heavy atom. The molecule has 2 N–H and O–H groups in total. The van der Waals surface area contributed by atoms with Gasteiger partial charge in [-0.2, -0.15) is 0 Å². The van der Waals surface area contributed by atoms with Crippen molar-refractivity contribution >= 4 is 22.5 Å². The lowest BCUT2D eigenvalue weighted by Crippen LogP contribution is -2.33. The van der Waals surface area contributed by atoms with Gasteiger partial charge in [-0.1, -0.05) is 48.6 Å². The predicted octanol–water partition coefficient (Wildman–Crippen LogP) is 2.54. The molecule has 0 bridgehead atoms. The molecule has 0 aliphatic heterocycles. The van der Waals surface area contributed by atoms with Gasteiger partial charge in [0.25, 0.3) is 0 Å². The molecule has 7 heteroatoms. The van der Waals surface area contributed by atoms with Gasteiger partial charge in [-0.3, -0.25) is 5.32 Å². The van der Waals surface area contributed by atoms with E-state index in [1.807, 2.05) is 18.2 Å². The number of benzene rings is 1. The molecule has 0 saturated heterocycles. The van der Waals surface area contributed by atoms with Crippen LogP contribution in [0, 0.1) is 0 Å². The highest BCUT2D eigenvalue weighted by Crippen LogP contribution is 2.31. The molecule has 0 aliphatic rings. The number of hydrogen-bond donors (Lipinski definition) is 2. The summed E-state index contributed by atoms with van der Waals surface area (Å²) >= 11 is 1.38. The molecule has 118 valence electrons. The molecule has 0 radical (unpaired) electrons.